The fraction of sp³-hybridized carbons (Fsp3) is 0. The highest BCUT2D eigenvalue weighted by atomic mass is 127. The number of carboxylic acids is 1. The van der Waals surface area contributed by atoms with Crippen LogP contribution in [0.4, 0.5) is 0 Å². The fourth-order valence-electron chi connectivity index (χ4n) is 1.31. The zero-order valence-electron chi connectivity index (χ0n) is 6.54. The van der Waals surface area contributed by atoms with E-state index in [9.17, 15) is 4.79 Å². The Balaban J connectivity index is 2.84. The Hall–Kier alpha value is -1.04. The van der Waals surface area contributed by atoms with Crippen LogP contribution in [0.3, 0.4) is 0 Å². The van der Waals surface area contributed by atoms with E-state index in [0.29, 0.717) is 5.56 Å². The molecule has 0 atom stereocenters. The first kappa shape index (κ1) is 8.55. The summed E-state index contributed by atoms with van der Waals surface area (Å²) in [7, 11) is 0. The maximum absolute atomic E-state index is 10.8. The smallest absolute Gasteiger partial charge is 0.336 e. The zero-order valence-corrected chi connectivity index (χ0v) is 8.70. The minimum atomic E-state index is -0.886. The standard InChI is InChI=1S/C9H6INO2/c10-5-3-7(9(12)13)6-1-2-11-8(6)4-5/h1-4,11H,(H,12,13). The zero-order chi connectivity index (χ0) is 9.42. The number of aromatic carboxylic acids is 1. The van der Waals surface area contributed by atoms with Gasteiger partial charge in [-0.05, 0) is 40.8 Å². The van der Waals surface area contributed by atoms with Gasteiger partial charge in [0.1, 0.15) is 0 Å². The van der Waals surface area contributed by atoms with E-state index in [0.717, 1.165) is 14.5 Å². The van der Waals surface area contributed by atoms with Crippen molar-refractivity contribution in [3.63, 3.8) is 0 Å². The van der Waals surface area contributed by atoms with Crippen LogP contribution in [0.5, 0.6) is 0 Å². The largest absolute Gasteiger partial charge is 0.478 e. The summed E-state index contributed by atoms with van der Waals surface area (Å²) in [6, 6.07) is 5.36. The summed E-state index contributed by atoms with van der Waals surface area (Å²) >= 11 is 2.10. The van der Waals surface area contributed by atoms with Crippen molar-refractivity contribution < 1.29 is 9.90 Å². The van der Waals surface area contributed by atoms with Gasteiger partial charge in [-0.15, -0.1) is 0 Å². The number of rotatable bonds is 1. The third-order valence-corrected chi connectivity index (χ3v) is 2.49. The van der Waals surface area contributed by atoms with Crippen molar-refractivity contribution in [3.05, 3.63) is 33.5 Å². The Morgan fingerprint density at radius 2 is 2.23 bits per heavy atom. The highest BCUT2D eigenvalue weighted by molar-refractivity contribution is 14.1. The predicted octanol–water partition coefficient (Wildman–Crippen LogP) is 2.47. The van der Waals surface area contributed by atoms with Crippen LogP contribution < -0.4 is 0 Å². The lowest BCUT2D eigenvalue weighted by molar-refractivity contribution is 0.0699. The molecule has 1 aromatic carbocycles. The molecule has 0 saturated heterocycles. The van der Waals surface area contributed by atoms with Gasteiger partial charge < -0.3 is 10.1 Å². The number of carbonyl (C=O) groups is 1. The van der Waals surface area contributed by atoms with E-state index in [-0.39, 0.29) is 0 Å². The lowest BCUT2D eigenvalue weighted by atomic mass is 10.1. The second-order valence-electron chi connectivity index (χ2n) is 2.70. The number of aromatic amines is 1. The molecule has 2 aromatic rings. The van der Waals surface area contributed by atoms with Gasteiger partial charge in [0.15, 0.2) is 0 Å². The van der Waals surface area contributed by atoms with Crippen LogP contribution in [0.2, 0.25) is 0 Å². The minimum absolute atomic E-state index is 0.350. The van der Waals surface area contributed by atoms with Crippen molar-refractivity contribution in [2.45, 2.75) is 0 Å². The molecule has 66 valence electrons. The lowest BCUT2D eigenvalue weighted by Gasteiger charge is -1.98. The highest BCUT2D eigenvalue weighted by Crippen LogP contribution is 2.21. The number of hydrogen-bond donors (Lipinski definition) is 2. The second-order valence-corrected chi connectivity index (χ2v) is 3.94. The summed E-state index contributed by atoms with van der Waals surface area (Å²) in [5.74, 6) is -0.886. The maximum Gasteiger partial charge on any atom is 0.336 e. The van der Waals surface area contributed by atoms with Gasteiger partial charge in [0.05, 0.1) is 5.56 Å². The van der Waals surface area contributed by atoms with Crippen LogP contribution in [0.25, 0.3) is 10.9 Å². The van der Waals surface area contributed by atoms with Gasteiger partial charge in [-0.3, -0.25) is 0 Å². The summed E-state index contributed by atoms with van der Waals surface area (Å²) in [5.41, 5.74) is 1.22. The number of benzene rings is 1. The molecular weight excluding hydrogens is 281 g/mol. The van der Waals surface area contributed by atoms with Crippen molar-refractivity contribution in [1.29, 1.82) is 0 Å². The van der Waals surface area contributed by atoms with Gasteiger partial charge in [0.2, 0.25) is 0 Å². The van der Waals surface area contributed by atoms with E-state index in [1.807, 2.05) is 6.07 Å². The van der Waals surface area contributed by atoms with E-state index in [1.54, 1.807) is 18.3 Å². The van der Waals surface area contributed by atoms with Crippen LogP contribution in [0.1, 0.15) is 10.4 Å². The molecule has 1 heterocycles. The van der Waals surface area contributed by atoms with E-state index in [2.05, 4.69) is 27.6 Å². The van der Waals surface area contributed by atoms with Crippen molar-refractivity contribution >= 4 is 39.5 Å². The fourth-order valence-corrected chi connectivity index (χ4v) is 1.93. The molecule has 1 aromatic heterocycles. The van der Waals surface area contributed by atoms with Crippen LogP contribution in [0, 0.1) is 3.57 Å². The lowest BCUT2D eigenvalue weighted by Crippen LogP contribution is -1.97. The highest BCUT2D eigenvalue weighted by Gasteiger charge is 2.09. The second kappa shape index (κ2) is 3.02. The number of aromatic nitrogens is 1. The number of hydrogen-bond acceptors (Lipinski definition) is 1. The molecule has 0 bridgehead atoms. The van der Waals surface area contributed by atoms with Crippen molar-refractivity contribution in [1.82, 2.24) is 4.98 Å². The molecule has 4 heteroatoms. The Labute approximate surface area is 87.9 Å². The Kier molecular flexibility index (Phi) is 1.99. The summed E-state index contributed by atoms with van der Waals surface area (Å²) in [4.78, 5) is 13.8. The molecule has 0 aliphatic heterocycles. The van der Waals surface area contributed by atoms with Gasteiger partial charge in [0, 0.05) is 20.7 Å². The minimum Gasteiger partial charge on any atom is -0.478 e. The molecule has 3 nitrogen and oxygen atoms in total. The van der Waals surface area contributed by atoms with E-state index < -0.39 is 5.97 Å². The maximum atomic E-state index is 10.8. The topological polar surface area (TPSA) is 53.1 Å². The molecule has 13 heavy (non-hydrogen) atoms. The first-order valence-electron chi connectivity index (χ1n) is 3.68. The summed E-state index contributed by atoms with van der Waals surface area (Å²) in [6.07, 6.45) is 1.74. The van der Waals surface area contributed by atoms with Gasteiger partial charge >= 0.3 is 5.97 Å². The number of halogens is 1. The van der Waals surface area contributed by atoms with Crippen LogP contribution in [0.15, 0.2) is 24.4 Å². The van der Waals surface area contributed by atoms with Gasteiger partial charge in [0.25, 0.3) is 0 Å². The number of fused-ring (bicyclic) bond motifs is 1. The van der Waals surface area contributed by atoms with Crippen LogP contribution in [-0.2, 0) is 0 Å². The molecule has 2 rings (SSSR count). The number of carboxylic acid groups (broad SMARTS) is 1. The van der Waals surface area contributed by atoms with Crippen LogP contribution >= 0.6 is 22.6 Å². The third-order valence-electron chi connectivity index (χ3n) is 1.86. The van der Waals surface area contributed by atoms with Crippen molar-refractivity contribution in [2.24, 2.45) is 0 Å². The molecule has 0 saturated carbocycles. The van der Waals surface area contributed by atoms with Gasteiger partial charge in [-0.25, -0.2) is 4.79 Å². The van der Waals surface area contributed by atoms with E-state index >= 15 is 0 Å². The SMILES string of the molecule is O=C(O)c1cc(I)cc2[nH]ccc12. The van der Waals surface area contributed by atoms with Crippen molar-refractivity contribution in [2.75, 3.05) is 0 Å². The number of H-pyrrole nitrogens is 1. The molecular formula is C9H6INO2. The van der Waals surface area contributed by atoms with E-state index in [1.165, 1.54) is 0 Å². The number of nitrogens with one attached hydrogen (secondary N) is 1. The van der Waals surface area contributed by atoms with E-state index in [4.69, 9.17) is 5.11 Å². The van der Waals surface area contributed by atoms with Gasteiger partial charge in [-0.2, -0.15) is 0 Å². The normalized spacial score (nSPS) is 10.5. The van der Waals surface area contributed by atoms with Crippen LogP contribution in [-0.4, -0.2) is 16.1 Å². The molecule has 2 N–H and O–H groups in total. The Bertz CT molecular complexity index is 475. The molecule has 0 aliphatic carbocycles. The average molecular weight is 287 g/mol. The quantitative estimate of drug-likeness (QED) is 0.792. The molecule has 0 aliphatic rings. The molecule has 0 radical (unpaired) electrons. The first-order valence-corrected chi connectivity index (χ1v) is 4.76. The Morgan fingerprint density at radius 3 is 2.92 bits per heavy atom. The molecule has 0 amide bonds. The predicted molar refractivity (Wildman–Crippen MR) is 58.0 cm³/mol. The molecule has 0 fully saturated rings. The average Bonchev–Trinajstić information content (AvgIpc) is 2.49. The summed E-state index contributed by atoms with van der Waals surface area (Å²) in [5, 5.41) is 9.67. The first-order chi connectivity index (χ1) is 6.18. The molecule has 0 spiro atoms. The Morgan fingerprint density at radius 1 is 1.46 bits per heavy atom. The monoisotopic (exact) mass is 287 g/mol. The summed E-state index contributed by atoms with van der Waals surface area (Å²) in [6.45, 7) is 0. The summed E-state index contributed by atoms with van der Waals surface area (Å²) < 4.78 is 0.921. The third kappa shape index (κ3) is 1.41. The van der Waals surface area contributed by atoms with Gasteiger partial charge in [-0.1, -0.05) is 0 Å². The molecule has 0 unspecified atom stereocenters. The van der Waals surface area contributed by atoms with Crippen molar-refractivity contribution in [3.8, 4) is 0 Å².